The first-order valence-corrected chi connectivity index (χ1v) is 9.20. The molecule has 0 bridgehead atoms. The molecule has 1 heterocycles. The van der Waals surface area contributed by atoms with Crippen molar-refractivity contribution in [2.45, 2.75) is 10.9 Å². The first kappa shape index (κ1) is 17.6. The standard InChI is InChI=1S/C19H18ClN3OS/c1-23-12-11-21-19(23)18(14-7-9-15(20)10-8-14)22-17(24)13-25-16-5-3-2-4-6-16/h2-12,18H,13H2,1H3,(H,22,24)/t18-/m0/s1. The van der Waals surface area contributed by atoms with Crippen LogP contribution in [0.1, 0.15) is 17.4 Å². The number of nitrogens with zero attached hydrogens (tertiary/aromatic N) is 2. The Bertz CT molecular complexity index is 833. The van der Waals surface area contributed by atoms with Crippen LogP contribution in [0.25, 0.3) is 0 Å². The summed E-state index contributed by atoms with van der Waals surface area (Å²) in [5.41, 5.74) is 0.941. The molecule has 4 nitrogen and oxygen atoms in total. The lowest BCUT2D eigenvalue weighted by Gasteiger charge is -2.19. The Morgan fingerprint density at radius 2 is 1.92 bits per heavy atom. The molecule has 0 aliphatic carbocycles. The third-order valence-electron chi connectivity index (χ3n) is 3.74. The minimum absolute atomic E-state index is 0.0446. The lowest BCUT2D eigenvalue weighted by molar-refractivity contribution is -0.119. The molecule has 0 aliphatic rings. The van der Waals surface area contributed by atoms with E-state index in [4.69, 9.17) is 11.6 Å². The SMILES string of the molecule is Cn1ccnc1[C@@H](NC(=O)CSc1ccccc1)c1ccc(Cl)cc1. The second-order valence-electron chi connectivity index (χ2n) is 5.55. The highest BCUT2D eigenvalue weighted by atomic mass is 35.5. The number of carbonyl (C=O) groups is 1. The Morgan fingerprint density at radius 1 is 1.20 bits per heavy atom. The average Bonchev–Trinajstić information content (AvgIpc) is 3.05. The van der Waals surface area contributed by atoms with Crippen molar-refractivity contribution in [2.24, 2.45) is 7.05 Å². The number of nitrogens with one attached hydrogen (secondary N) is 1. The van der Waals surface area contributed by atoms with E-state index in [1.165, 1.54) is 11.8 Å². The van der Waals surface area contributed by atoms with E-state index in [1.54, 1.807) is 6.20 Å². The Morgan fingerprint density at radius 3 is 2.56 bits per heavy atom. The predicted molar refractivity (Wildman–Crippen MR) is 102 cm³/mol. The van der Waals surface area contributed by atoms with E-state index in [-0.39, 0.29) is 11.9 Å². The summed E-state index contributed by atoms with van der Waals surface area (Å²) in [6.45, 7) is 0. The Kier molecular flexibility index (Phi) is 5.79. The van der Waals surface area contributed by atoms with Gasteiger partial charge >= 0.3 is 0 Å². The van der Waals surface area contributed by atoms with Crippen molar-refractivity contribution in [1.29, 1.82) is 0 Å². The van der Waals surface area contributed by atoms with Crippen LogP contribution in [0.5, 0.6) is 0 Å². The van der Waals surface area contributed by atoms with Crippen LogP contribution in [0.4, 0.5) is 0 Å². The van der Waals surface area contributed by atoms with Gasteiger partial charge in [-0.25, -0.2) is 4.98 Å². The Hall–Kier alpha value is -2.24. The van der Waals surface area contributed by atoms with Crippen molar-refractivity contribution in [2.75, 3.05) is 5.75 Å². The van der Waals surface area contributed by atoms with Gasteiger partial charge in [-0.15, -0.1) is 11.8 Å². The van der Waals surface area contributed by atoms with Crippen molar-refractivity contribution in [3.05, 3.63) is 83.4 Å². The zero-order valence-corrected chi connectivity index (χ0v) is 15.3. The van der Waals surface area contributed by atoms with Gasteiger partial charge in [0.25, 0.3) is 0 Å². The van der Waals surface area contributed by atoms with Crippen LogP contribution in [0, 0.1) is 0 Å². The summed E-state index contributed by atoms with van der Waals surface area (Å²) in [6.07, 6.45) is 3.59. The normalized spacial score (nSPS) is 11.9. The number of aryl methyl sites for hydroxylation is 1. The van der Waals surface area contributed by atoms with Crippen molar-refractivity contribution in [3.8, 4) is 0 Å². The molecule has 0 spiro atoms. The number of imidazole rings is 1. The molecule has 25 heavy (non-hydrogen) atoms. The summed E-state index contributed by atoms with van der Waals surface area (Å²) in [7, 11) is 1.91. The number of aromatic nitrogens is 2. The van der Waals surface area contributed by atoms with Gasteiger partial charge in [0.15, 0.2) is 0 Å². The zero-order valence-electron chi connectivity index (χ0n) is 13.7. The molecule has 0 saturated carbocycles. The highest BCUT2D eigenvalue weighted by Gasteiger charge is 2.20. The summed E-state index contributed by atoms with van der Waals surface area (Å²) in [4.78, 5) is 17.9. The maximum Gasteiger partial charge on any atom is 0.231 e. The maximum absolute atomic E-state index is 12.5. The van der Waals surface area contributed by atoms with E-state index in [2.05, 4.69) is 10.3 Å². The molecule has 0 radical (unpaired) electrons. The van der Waals surface area contributed by atoms with Gasteiger partial charge in [0.1, 0.15) is 11.9 Å². The average molecular weight is 372 g/mol. The van der Waals surface area contributed by atoms with Crippen LogP contribution in [0.15, 0.2) is 71.9 Å². The summed E-state index contributed by atoms with van der Waals surface area (Å²) in [5.74, 6) is 1.08. The van der Waals surface area contributed by atoms with Gasteiger partial charge < -0.3 is 9.88 Å². The Balaban J connectivity index is 1.74. The van der Waals surface area contributed by atoms with E-state index >= 15 is 0 Å². The maximum atomic E-state index is 12.5. The number of amides is 1. The van der Waals surface area contributed by atoms with E-state index < -0.39 is 0 Å². The molecular weight excluding hydrogens is 354 g/mol. The molecule has 6 heteroatoms. The molecule has 1 atom stereocenters. The predicted octanol–water partition coefficient (Wildman–Crippen LogP) is 4.07. The molecule has 128 valence electrons. The largest absolute Gasteiger partial charge is 0.341 e. The van der Waals surface area contributed by atoms with E-state index in [1.807, 2.05) is 72.4 Å². The molecule has 0 fully saturated rings. The Labute approximate surface area is 156 Å². The molecule has 1 amide bonds. The van der Waals surface area contributed by atoms with Gasteiger partial charge in [-0.1, -0.05) is 41.9 Å². The molecule has 0 unspecified atom stereocenters. The van der Waals surface area contributed by atoms with Crippen molar-refractivity contribution >= 4 is 29.3 Å². The third-order valence-corrected chi connectivity index (χ3v) is 5.00. The molecule has 0 saturated heterocycles. The fourth-order valence-corrected chi connectivity index (χ4v) is 3.33. The number of halogens is 1. The van der Waals surface area contributed by atoms with Crippen LogP contribution in [-0.2, 0) is 11.8 Å². The van der Waals surface area contributed by atoms with Gasteiger partial charge in [0.05, 0.1) is 5.75 Å². The van der Waals surface area contributed by atoms with E-state index in [9.17, 15) is 4.79 Å². The summed E-state index contributed by atoms with van der Waals surface area (Å²) in [5, 5.41) is 3.74. The zero-order chi connectivity index (χ0) is 17.6. The minimum atomic E-state index is -0.318. The quantitative estimate of drug-likeness (QED) is 0.664. The highest BCUT2D eigenvalue weighted by molar-refractivity contribution is 8.00. The first-order chi connectivity index (χ1) is 12.1. The smallest absolute Gasteiger partial charge is 0.231 e. The lowest BCUT2D eigenvalue weighted by atomic mass is 10.1. The van der Waals surface area contributed by atoms with Crippen LogP contribution in [0.3, 0.4) is 0 Å². The number of hydrogen-bond acceptors (Lipinski definition) is 3. The topological polar surface area (TPSA) is 46.9 Å². The van der Waals surface area contributed by atoms with Gasteiger partial charge in [0, 0.05) is 29.4 Å². The van der Waals surface area contributed by atoms with Crippen LogP contribution < -0.4 is 5.32 Å². The number of hydrogen-bond donors (Lipinski definition) is 1. The van der Waals surface area contributed by atoms with E-state index in [0.717, 1.165) is 16.3 Å². The van der Waals surface area contributed by atoms with Crippen LogP contribution >= 0.6 is 23.4 Å². The number of rotatable bonds is 6. The van der Waals surface area contributed by atoms with Gasteiger partial charge in [-0.2, -0.15) is 0 Å². The van der Waals surface area contributed by atoms with Crippen molar-refractivity contribution in [3.63, 3.8) is 0 Å². The number of carbonyl (C=O) groups excluding carboxylic acids is 1. The van der Waals surface area contributed by atoms with Gasteiger partial charge in [-0.05, 0) is 29.8 Å². The van der Waals surface area contributed by atoms with Gasteiger partial charge in [0.2, 0.25) is 5.91 Å². The molecule has 3 rings (SSSR count). The third kappa shape index (κ3) is 4.65. The highest BCUT2D eigenvalue weighted by Crippen LogP contribution is 2.23. The monoisotopic (exact) mass is 371 g/mol. The second-order valence-corrected chi connectivity index (χ2v) is 7.04. The van der Waals surface area contributed by atoms with E-state index in [0.29, 0.717) is 10.8 Å². The summed E-state index contributed by atoms with van der Waals surface area (Å²) < 4.78 is 1.91. The first-order valence-electron chi connectivity index (χ1n) is 7.83. The fourth-order valence-electron chi connectivity index (χ4n) is 2.48. The van der Waals surface area contributed by atoms with Crippen molar-refractivity contribution < 1.29 is 4.79 Å². The van der Waals surface area contributed by atoms with Gasteiger partial charge in [-0.3, -0.25) is 4.79 Å². The van der Waals surface area contributed by atoms with Crippen molar-refractivity contribution in [1.82, 2.24) is 14.9 Å². The fraction of sp³-hybridized carbons (Fsp3) is 0.158. The lowest BCUT2D eigenvalue weighted by Crippen LogP contribution is -2.32. The molecule has 2 aromatic carbocycles. The molecule has 3 aromatic rings. The van der Waals surface area contributed by atoms with Crippen LogP contribution in [-0.4, -0.2) is 21.2 Å². The minimum Gasteiger partial charge on any atom is -0.341 e. The number of benzene rings is 2. The molecule has 1 aromatic heterocycles. The summed E-state index contributed by atoms with van der Waals surface area (Å²) in [6, 6.07) is 17.0. The molecule has 0 aliphatic heterocycles. The second kappa shape index (κ2) is 8.23. The molecular formula is C19H18ClN3OS. The summed E-state index contributed by atoms with van der Waals surface area (Å²) >= 11 is 7.49. The van der Waals surface area contributed by atoms with Crippen LogP contribution in [0.2, 0.25) is 5.02 Å². The molecule has 1 N–H and O–H groups in total. The number of thioether (sulfide) groups is 1.